The maximum Gasteiger partial charge on any atom is 0.173 e. The molecule has 2 rings (SSSR count). The second-order valence-electron chi connectivity index (χ2n) is 3.22. The predicted octanol–water partition coefficient (Wildman–Crippen LogP) is 0.680. The van der Waals surface area contributed by atoms with Gasteiger partial charge in [-0.15, -0.1) is 0 Å². The van der Waals surface area contributed by atoms with Crippen molar-refractivity contribution < 1.29 is 12.8 Å². The number of nitrogens with one attached hydrogen (secondary N) is 1. The number of furan rings is 1. The molecule has 1 N–H and O–H groups in total. The van der Waals surface area contributed by atoms with E-state index in [0.29, 0.717) is 6.54 Å². The van der Waals surface area contributed by atoms with Gasteiger partial charge >= 0.3 is 0 Å². The lowest BCUT2D eigenvalue weighted by Crippen LogP contribution is -2.29. The van der Waals surface area contributed by atoms with Gasteiger partial charge in [-0.25, -0.2) is 8.42 Å². The Morgan fingerprint density at radius 3 is 3.00 bits per heavy atom. The first-order chi connectivity index (χ1) is 6.66. The van der Waals surface area contributed by atoms with Crippen molar-refractivity contribution in [1.29, 1.82) is 0 Å². The van der Waals surface area contributed by atoms with Crippen molar-refractivity contribution in [1.82, 2.24) is 5.32 Å². The summed E-state index contributed by atoms with van der Waals surface area (Å²) >= 11 is 0. The van der Waals surface area contributed by atoms with Crippen LogP contribution in [0.15, 0.2) is 34.3 Å². The van der Waals surface area contributed by atoms with Crippen LogP contribution in [-0.4, -0.2) is 20.2 Å². The molecular formula is C9H11NO3S. The van der Waals surface area contributed by atoms with E-state index >= 15 is 0 Å². The van der Waals surface area contributed by atoms with E-state index in [-0.39, 0.29) is 11.8 Å². The van der Waals surface area contributed by atoms with E-state index in [9.17, 15) is 8.42 Å². The van der Waals surface area contributed by atoms with Gasteiger partial charge in [-0.3, -0.25) is 0 Å². The molecule has 14 heavy (non-hydrogen) atoms. The molecule has 0 aliphatic carbocycles. The van der Waals surface area contributed by atoms with Gasteiger partial charge in [-0.2, -0.15) is 0 Å². The third-order valence-corrected chi connectivity index (χ3v) is 3.44. The molecule has 1 aliphatic rings. The van der Waals surface area contributed by atoms with Gasteiger partial charge in [0.2, 0.25) is 0 Å². The molecule has 0 bridgehead atoms. The molecule has 1 aromatic rings. The van der Waals surface area contributed by atoms with Gasteiger partial charge in [0.1, 0.15) is 5.76 Å². The summed E-state index contributed by atoms with van der Waals surface area (Å²) in [5.41, 5.74) is 0. The normalized spacial score (nSPS) is 24.1. The summed E-state index contributed by atoms with van der Waals surface area (Å²) in [7, 11) is -2.96. The minimum atomic E-state index is -2.96. The van der Waals surface area contributed by atoms with Crippen molar-refractivity contribution in [3.63, 3.8) is 0 Å². The van der Waals surface area contributed by atoms with Crippen LogP contribution in [0.25, 0.3) is 0 Å². The van der Waals surface area contributed by atoms with Crippen LogP contribution in [0, 0.1) is 0 Å². The van der Waals surface area contributed by atoms with Crippen molar-refractivity contribution in [2.75, 3.05) is 5.75 Å². The van der Waals surface area contributed by atoms with Crippen LogP contribution >= 0.6 is 0 Å². The average Bonchev–Trinajstić information content (AvgIpc) is 2.70. The van der Waals surface area contributed by atoms with Crippen molar-refractivity contribution in [3.05, 3.63) is 35.6 Å². The molecule has 0 amide bonds. The van der Waals surface area contributed by atoms with Crippen molar-refractivity contribution >= 4 is 9.84 Å². The molecule has 1 aromatic heterocycles. The SMILES string of the molecule is O=S1(=O)C=CC(NCc2ccco2)C1. The molecule has 0 radical (unpaired) electrons. The molecule has 0 spiro atoms. The highest BCUT2D eigenvalue weighted by molar-refractivity contribution is 7.94. The molecular weight excluding hydrogens is 202 g/mol. The standard InChI is InChI=1S/C9H11NO3S/c11-14(12)5-3-8(7-14)10-6-9-2-1-4-13-9/h1-5,8,10H,6-7H2. The van der Waals surface area contributed by atoms with E-state index in [1.165, 1.54) is 5.41 Å². The quantitative estimate of drug-likeness (QED) is 0.802. The smallest absolute Gasteiger partial charge is 0.173 e. The molecule has 76 valence electrons. The Labute approximate surface area is 82.5 Å². The van der Waals surface area contributed by atoms with Crippen LogP contribution in [0.1, 0.15) is 5.76 Å². The van der Waals surface area contributed by atoms with E-state index in [2.05, 4.69) is 5.32 Å². The molecule has 1 aliphatic heterocycles. The van der Waals surface area contributed by atoms with Crippen LogP contribution in [-0.2, 0) is 16.4 Å². The Morgan fingerprint density at radius 1 is 1.57 bits per heavy atom. The van der Waals surface area contributed by atoms with Crippen LogP contribution < -0.4 is 5.32 Å². The van der Waals surface area contributed by atoms with Crippen LogP contribution in [0.3, 0.4) is 0 Å². The predicted molar refractivity (Wildman–Crippen MR) is 52.3 cm³/mol. The Hall–Kier alpha value is -1.07. The summed E-state index contributed by atoms with van der Waals surface area (Å²) in [5.74, 6) is 0.955. The second-order valence-corrected chi connectivity index (χ2v) is 5.16. The first-order valence-electron chi connectivity index (χ1n) is 4.32. The first kappa shape index (κ1) is 9.48. The van der Waals surface area contributed by atoms with Crippen molar-refractivity contribution in [2.45, 2.75) is 12.6 Å². The second kappa shape index (κ2) is 3.59. The summed E-state index contributed by atoms with van der Waals surface area (Å²) in [6.45, 7) is 0.553. The molecule has 0 aromatic carbocycles. The molecule has 1 atom stereocenters. The lowest BCUT2D eigenvalue weighted by molar-refractivity contribution is 0.475. The summed E-state index contributed by atoms with van der Waals surface area (Å²) in [5, 5.41) is 4.34. The number of hydrogen-bond donors (Lipinski definition) is 1. The maximum absolute atomic E-state index is 11.1. The third kappa shape index (κ3) is 2.24. The molecule has 4 nitrogen and oxygen atoms in total. The highest BCUT2D eigenvalue weighted by Gasteiger charge is 2.20. The van der Waals surface area contributed by atoms with Crippen molar-refractivity contribution in [2.24, 2.45) is 0 Å². The van der Waals surface area contributed by atoms with Crippen LogP contribution in [0.5, 0.6) is 0 Å². The largest absolute Gasteiger partial charge is 0.468 e. The molecule has 5 heteroatoms. The lowest BCUT2D eigenvalue weighted by Gasteiger charge is -2.07. The van der Waals surface area contributed by atoms with Gasteiger partial charge < -0.3 is 9.73 Å². The Bertz CT molecular complexity index is 419. The van der Waals surface area contributed by atoms with Crippen molar-refractivity contribution in [3.8, 4) is 0 Å². The van der Waals surface area contributed by atoms with Gasteiger partial charge in [-0.05, 0) is 12.1 Å². The Kier molecular flexibility index (Phi) is 2.43. The Balaban J connectivity index is 1.87. The van der Waals surface area contributed by atoms with Crippen LogP contribution in [0.2, 0.25) is 0 Å². The van der Waals surface area contributed by atoms with E-state index in [1.54, 1.807) is 18.4 Å². The molecule has 0 saturated carbocycles. The van der Waals surface area contributed by atoms with Gasteiger partial charge in [0.25, 0.3) is 0 Å². The van der Waals surface area contributed by atoms with Gasteiger partial charge in [-0.1, -0.05) is 6.08 Å². The zero-order valence-corrected chi connectivity index (χ0v) is 8.33. The Morgan fingerprint density at radius 2 is 2.43 bits per heavy atom. The van der Waals surface area contributed by atoms with Gasteiger partial charge in [0.05, 0.1) is 18.6 Å². The van der Waals surface area contributed by atoms with Gasteiger partial charge in [0.15, 0.2) is 9.84 Å². The maximum atomic E-state index is 11.1. The highest BCUT2D eigenvalue weighted by Crippen LogP contribution is 2.09. The zero-order chi connectivity index (χ0) is 10.0. The molecule has 0 saturated heterocycles. The fourth-order valence-corrected chi connectivity index (χ4v) is 2.62. The summed E-state index contributed by atoms with van der Waals surface area (Å²) in [4.78, 5) is 0. The zero-order valence-electron chi connectivity index (χ0n) is 7.51. The minimum Gasteiger partial charge on any atom is -0.468 e. The van der Waals surface area contributed by atoms with Crippen LogP contribution in [0.4, 0.5) is 0 Å². The van der Waals surface area contributed by atoms with E-state index in [4.69, 9.17) is 4.42 Å². The summed E-state index contributed by atoms with van der Waals surface area (Å²) < 4.78 is 27.2. The number of rotatable bonds is 3. The molecule has 2 heterocycles. The topological polar surface area (TPSA) is 59.3 Å². The minimum absolute atomic E-state index is 0.0925. The number of sulfone groups is 1. The fourth-order valence-electron chi connectivity index (χ4n) is 1.35. The van der Waals surface area contributed by atoms with E-state index in [1.807, 2.05) is 6.07 Å². The number of hydrogen-bond acceptors (Lipinski definition) is 4. The monoisotopic (exact) mass is 213 g/mol. The third-order valence-electron chi connectivity index (χ3n) is 2.05. The van der Waals surface area contributed by atoms with E-state index < -0.39 is 9.84 Å². The fraction of sp³-hybridized carbons (Fsp3) is 0.333. The summed E-state index contributed by atoms with van der Waals surface area (Å²) in [6.07, 6.45) is 3.26. The molecule has 0 fully saturated rings. The average molecular weight is 213 g/mol. The highest BCUT2D eigenvalue weighted by atomic mass is 32.2. The van der Waals surface area contributed by atoms with Gasteiger partial charge in [0, 0.05) is 11.4 Å². The lowest BCUT2D eigenvalue weighted by atomic mass is 10.3. The first-order valence-corrected chi connectivity index (χ1v) is 6.04. The summed E-state index contributed by atoms with van der Waals surface area (Å²) in [6, 6.07) is 3.56. The molecule has 1 unspecified atom stereocenters. The van der Waals surface area contributed by atoms with E-state index in [0.717, 1.165) is 5.76 Å².